The van der Waals surface area contributed by atoms with Crippen LogP contribution in [0.25, 0.3) is 0 Å². The minimum Gasteiger partial charge on any atom is -0.316 e. The zero-order chi connectivity index (χ0) is 15.1. The third-order valence-electron chi connectivity index (χ3n) is 3.40. The number of rotatable bonds is 8. The lowest BCUT2D eigenvalue weighted by atomic mass is 9.95. The number of hydrogen-bond acceptors (Lipinski definition) is 3. The molecule has 0 spiro atoms. The van der Waals surface area contributed by atoms with E-state index in [0.717, 1.165) is 31.0 Å². The second-order valence-electron chi connectivity index (χ2n) is 5.93. The van der Waals surface area contributed by atoms with Gasteiger partial charge in [0.1, 0.15) is 0 Å². The first-order chi connectivity index (χ1) is 10.1. The number of aromatic nitrogens is 1. The average molecular weight is 323 g/mol. The van der Waals surface area contributed by atoms with Gasteiger partial charge in [0.2, 0.25) is 0 Å². The Morgan fingerprint density at radius 2 is 1.90 bits per heavy atom. The quantitative estimate of drug-likeness (QED) is 0.777. The van der Waals surface area contributed by atoms with E-state index in [9.17, 15) is 0 Å². The Balaban J connectivity index is 1.95. The van der Waals surface area contributed by atoms with Crippen LogP contribution in [-0.2, 0) is 12.8 Å². The molecule has 1 N–H and O–H groups in total. The van der Waals surface area contributed by atoms with Crippen LogP contribution in [-0.4, -0.2) is 18.1 Å². The Morgan fingerprint density at radius 1 is 1.14 bits per heavy atom. The van der Waals surface area contributed by atoms with Crippen LogP contribution in [0, 0.1) is 11.8 Å². The molecule has 0 aliphatic carbocycles. The fourth-order valence-electron chi connectivity index (χ4n) is 2.38. The van der Waals surface area contributed by atoms with Crippen molar-refractivity contribution in [2.45, 2.75) is 26.7 Å². The van der Waals surface area contributed by atoms with Crippen molar-refractivity contribution in [2.24, 2.45) is 11.8 Å². The maximum Gasteiger partial charge on any atom is 0.0794 e. The Bertz CT molecular complexity index is 508. The normalized spacial score (nSPS) is 12.8. The molecule has 1 unspecified atom stereocenters. The Morgan fingerprint density at radius 3 is 2.52 bits per heavy atom. The van der Waals surface area contributed by atoms with Gasteiger partial charge < -0.3 is 5.32 Å². The molecule has 0 saturated heterocycles. The molecule has 2 rings (SSSR count). The molecule has 0 aliphatic heterocycles. The Kier molecular flexibility index (Phi) is 6.68. The Labute approximate surface area is 136 Å². The molecule has 0 radical (unpaired) electrons. The summed E-state index contributed by atoms with van der Waals surface area (Å²) in [5, 5.41) is 6.53. The van der Waals surface area contributed by atoms with Crippen LogP contribution in [0.1, 0.15) is 25.1 Å². The molecule has 0 fully saturated rings. The molecule has 0 bridgehead atoms. The Hall–Kier alpha value is -0.900. The molecule has 21 heavy (non-hydrogen) atoms. The number of nitrogens with zero attached hydrogens (tertiary/aromatic N) is 1. The second kappa shape index (κ2) is 8.52. The first kappa shape index (κ1) is 16.5. The predicted molar refractivity (Wildman–Crippen MR) is 92.2 cm³/mol. The maximum atomic E-state index is 5.96. The van der Waals surface area contributed by atoms with Crippen molar-refractivity contribution in [2.75, 3.05) is 13.1 Å². The van der Waals surface area contributed by atoms with E-state index in [1.807, 2.05) is 17.6 Å². The van der Waals surface area contributed by atoms with Gasteiger partial charge in [-0.05, 0) is 55.5 Å². The molecule has 1 aromatic carbocycles. The summed E-state index contributed by atoms with van der Waals surface area (Å²) >= 11 is 7.63. The van der Waals surface area contributed by atoms with E-state index in [1.54, 1.807) is 11.3 Å². The van der Waals surface area contributed by atoms with Gasteiger partial charge >= 0.3 is 0 Å². The van der Waals surface area contributed by atoms with Gasteiger partial charge in [0.05, 0.1) is 11.2 Å². The third kappa shape index (κ3) is 6.16. The van der Waals surface area contributed by atoms with Gasteiger partial charge in [-0.25, -0.2) is 4.98 Å². The van der Waals surface area contributed by atoms with Gasteiger partial charge in [-0.1, -0.05) is 37.6 Å². The average Bonchev–Trinajstić information content (AvgIpc) is 2.94. The van der Waals surface area contributed by atoms with Crippen LogP contribution in [0.2, 0.25) is 5.02 Å². The maximum absolute atomic E-state index is 5.96. The van der Waals surface area contributed by atoms with E-state index in [-0.39, 0.29) is 0 Å². The molecule has 0 saturated carbocycles. The van der Waals surface area contributed by atoms with Gasteiger partial charge in [-0.3, -0.25) is 0 Å². The summed E-state index contributed by atoms with van der Waals surface area (Å²) in [6, 6.07) is 8.19. The third-order valence-corrected chi connectivity index (χ3v) is 4.29. The highest BCUT2D eigenvalue weighted by Crippen LogP contribution is 2.17. The summed E-state index contributed by atoms with van der Waals surface area (Å²) in [6.07, 6.45) is 2.08. The van der Waals surface area contributed by atoms with Gasteiger partial charge in [0, 0.05) is 10.4 Å². The summed E-state index contributed by atoms with van der Waals surface area (Å²) in [4.78, 5) is 4.42. The van der Waals surface area contributed by atoms with Crippen LogP contribution < -0.4 is 5.32 Å². The summed E-state index contributed by atoms with van der Waals surface area (Å²) < 4.78 is 0. The van der Waals surface area contributed by atoms with E-state index < -0.39 is 0 Å². The molecule has 1 aromatic heterocycles. The number of hydrogen-bond donors (Lipinski definition) is 1. The summed E-state index contributed by atoms with van der Waals surface area (Å²) in [6.45, 7) is 6.57. The van der Waals surface area contributed by atoms with Crippen molar-refractivity contribution >= 4 is 22.9 Å². The molecule has 2 aromatic rings. The van der Waals surface area contributed by atoms with Gasteiger partial charge in [0.25, 0.3) is 0 Å². The van der Waals surface area contributed by atoms with Crippen molar-refractivity contribution < 1.29 is 0 Å². The first-order valence-electron chi connectivity index (χ1n) is 7.45. The van der Waals surface area contributed by atoms with E-state index in [2.05, 4.69) is 41.7 Å². The zero-order valence-corrected chi connectivity index (χ0v) is 14.3. The van der Waals surface area contributed by atoms with Crippen molar-refractivity contribution in [1.29, 1.82) is 0 Å². The fourth-order valence-corrected chi connectivity index (χ4v) is 3.08. The van der Waals surface area contributed by atoms with Crippen LogP contribution >= 0.6 is 22.9 Å². The highest BCUT2D eigenvalue weighted by atomic mass is 35.5. The SMILES string of the molecule is CC(C)CNCC(Cc1ccc(Cl)cc1)Cc1cscn1. The molecule has 1 heterocycles. The smallest absolute Gasteiger partial charge is 0.0794 e. The molecule has 1 atom stereocenters. The number of nitrogens with one attached hydrogen (secondary N) is 1. The molecular weight excluding hydrogens is 300 g/mol. The first-order valence-corrected chi connectivity index (χ1v) is 8.77. The van der Waals surface area contributed by atoms with E-state index in [1.165, 1.54) is 11.3 Å². The number of benzene rings is 1. The van der Waals surface area contributed by atoms with Crippen LogP contribution in [0.4, 0.5) is 0 Å². The monoisotopic (exact) mass is 322 g/mol. The van der Waals surface area contributed by atoms with Crippen molar-refractivity contribution in [3.05, 3.63) is 51.4 Å². The van der Waals surface area contributed by atoms with Crippen molar-refractivity contribution in [3.8, 4) is 0 Å². The molecule has 4 heteroatoms. The fraction of sp³-hybridized carbons (Fsp3) is 0.471. The summed E-state index contributed by atoms with van der Waals surface area (Å²) in [5.41, 5.74) is 4.45. The zero-order valence-electron chi connectivity index (χ0n) is 12.7. The van der Waals surface area contributed by atoms with Crippen LogP contribution in [0.15, 0.2) is 35.2 Å². The molecule has 0 amide bonds. The molecule has 2 nitrogen and oxygen atoms in total. The molecule has 0 aliphatic rings. The highest BCUT2D eigenvalue weighted by Gasteiger charge is 2.12. The van der Waals surface area contributed by atoms with Gasteiger partial charge in [-0.2, -0.15) is 0 Å². The lowest BCUT2D eigenvalue weighted by molar-refractivity contribution is 0.443. The largest absolute Gasteiger partial charge is 0.316 e. The topological polar surface area (TPSA) is 24.9 Å². The lowest BCUT2D eigenvalue weighted by Gasteiger charge is -2.18. The van der Waals surface area contributed by atoms with E-state index >= 15 is 0 Å². The molecular formula is C17H23ClN2S. The predicted octanol–water partition coefficient (Wildman–Crippen LogP) is 4.44. The number of halogens is 1. The number of thiazole rings is 1. The van der Waals surface area contributed by atoms with Crippen molar-refractivity contribution in [1.82, 2.24) is 10.3 Å². The molecule has 114 valence electrons. The van der Waals surface area contributed by atoms with Gasteiger partial charge in [-0.15, -0.1) is 11.3 Å². The minimum atomic E-state index is 0.562. The summed E-state index contributed by atoms with van der Waals surface area (Å²) in [7, 11) is 0. The van der Waals surface area contributed by atoms with E-state index in [0.29, 0.717) is 11.8 Å². The second-order valence-corrected chi connectivity index (χ2v) is 7.09. The highest BCUT2D eigenvalue weighted by molar-refractivity contribution is 7.07. The lowest BCUT2D eigenvalue weighted by Crippen LogP contribution is -2.28. The van der Waals surface area contributed by atoms with Crippen LogP contribution in [0.5, 0.6) is 0 Å². The van der Waals surface area contributed by atoms with Crippen LogP contribution in [0.3, 0.4) is 0 Å². The van der Waals surface area contributed by atoms with E-state index in [4.69, 9.17) is 11.6 Å². The summed E-state index contributed by atoms with van der Waals surface area (Å²) in [5.74, 6) is 1.24. The minimum absolute atomic E-state index is 0.562. The van der Waals surface area contributed by atoms with Gasteiger partial charge in [0.15, 0.2) is 0 Å². The van der Waals surface area contributed by atoms with Crippen molar-refractivity contribution in [3.63, 3.8) is 0 Å². The standard InChI is InChI=1S/C17H23ClN2S/c1-13(2)9-19-10-15(8-17-11-21-12-20-17)7-14-3-5-16(18)6-4-14/h3-6,11-13,15,19H,7-10H2,1-2H3.